The molecular weight excluding hydrogens is 488 g/mol. The van der Waals surface area contributed by atoms with Crippen LogP contribution in [0.5, 0.6) is 11.5 Å². The highest BCUT2D eigenvalue weighted by atomic mass is 79.9. The molecule has 1 unspecified atom stereocenters. The molecule has 0 aromatic heterocycles. The molecule has 1 atom stereocenters. The summed E-state index contributed by atoms with van der Waals surface area (Å²) in [5.74, 6) is -1.43. The van der Waals surface area contributed by atoms with Crippen molar-refractivity contribution in [1.29, 1.82) is 0 Å². The van der Waals surface area contributed by atoms with Crippen LogP contribution in [0, 0.1) is 0 Å². The van der Waals surface area contributed by atoms with Crippen molar-refractivity contribution in [1.82, 2.24) is 0 Å². The number of halogens is 1. The lowest BCUT2D eigenvalue weighted by Gasteiger charge is -2.19. The van der Waals surface area contributed by atoms with Crippen molar-refractivity contribution in [3.8, 4) is 11.5 Å². The summed E-state index contributed by atoms with van der Waals surface area (Å²) in [6.07, 6.45) is -0.624. The van der Waals surface area contributed by atoms with E-state index in [1.807, 2.05) is 60.7 Å². The maximum atomic E-state index is 12.8. The van der Waals surface area contributed by atoms with Crippen LogP contribution in [-0.2, 0) is 25.5 Å². The van der Waals surface area contributed by atoms with Gasteiger partial charge in [-0.1, -0.05) is 82.7 Å². The highest BCUT2D eigenvalue weighted by Crippen LogP contribution is 2.31. The van der Waals surface area contributed by atoms with Gasteiger partial charge < -0.3 is 14.2 Å². The Labute approximate surface area is 200 Å². The molecule has 0 aliphatic carbocycles. The second kappa shape index (κ2) is 11.4. The lowest BCUT2D eigenvalue weighted by molar-refractivity contribution is -0.146. The summed E-state index contributed by atoms with van der Waals surface area (Å²) in [4.78, 5) is 35.7. The Hall–Kier alpha value is -3.45. The standard InChI is InChI=1S/C26H23BrO6/c1-17(27)26(30)32-22-14-13-19(15-23(22)31-18(2)28)16-24(29)33-25(20-9-5-3-6-10-20)21-11-7-4-8-12-21/h3-15,17,25H,16H2,1-2H3. The lowest BCUT2D eigenvalue weighted by atomic mass is 10.0. The first kappa shape index (κ1) is 24.2. The molecule has 3 rings (SSSR count). The zero-order chi connectivity index (χ0) is 23.8. The van der Waals surface area contributed by atoms with Crippen molar-refractivity contribution < 1.29 is 28.6 Å². The Morgan fingerprint density at radius 1 is 0.818 bits per heavy atom. The van der Waals surface area contributed by atoms with Crippen LogP contribution in [-0.4, -0.2) is 22.7 Å². The summed E-state index contributed by atoms with van der Waals surface area (Å²) in [5, 5.41) is 0. The summed E-state index contributed by atoms with van der Waals surface area (Å²) in [6.45, 7) is 2.86. The van der Waals surface area contributed by atoms with E-state index >= 15 is 0 Å². The van der Waals surface area contributed by atoms with Gasteiger partial charge in [0.1, 0.15) is 4.83 Å². The van der Waals surface area contributed by atoms with Gasteiger partial charge in [0.15, 0.2) is 17.6 Å². The number of alkyl halides is 1. The third-order valence-corrected chi connectivity index (χ3v) is 4.97. The minimum atomic E-state index is -0.577. The molecule has 3 aromatic carbocycles. The highest BCUT2D eigenvalue weighted by molar-refractivity contribution is 9.10. The highest BCUT2D eigenvalue weighted by Gasteiger charge is 2.21. The molecule has 0 spiro atoms. The third kappa shape index (κ3) is 7.02. The Morgan fingerprint density at radius 2 is 1.39 bits per heavy atom. The summed E-state index contributed by atoms with van der Waals surface area (Å²) in [5.41, 5.74) is 2.25. The van der Waals surface area contributed by atoms with Crippen LogP contribution in [0.25, 0.3) is 0 Å². The lowest BCUT2D eigenvalue weighted by Crippen LogP contribution is -2.18. The minimum absolute atomic E-state index is 0.0527. The van der Waals surface area contributed by atoms with Crippen LogP contribution in [0.1, 0.15) is 36.6 Å². The van der Waals surface area contributed by atoms with Crippen LogP contribution in [0.2, 0.25) is 0 Å². The van der Waals surface area contributed by atoms with E-state index in [4.69, 9.17) is 14.2 Å². The molecule has 7 heteroatoms. The first-order valence-corrected chi connectivity index (χ1v) is 11.2. The Bertz CT molecular complexity index is 1070. The van der Waals surface area contributed by atoms with Crippen LogP contribution < -0.4 is 9.47 Å². The first-order chi connectivity index (χ1) is 15.8. The summed E-state index contributed by atoms with van der Waals surface area (Å²) < 4.78 is 16.3. The smallest absolute Gasteiger partial charge is 0.324 e. The molecule has 0 aliphatic heterocycles. The van der Waals surface area contributed by atoms with Crippen LogP contribution >= 0.6 is 15.9 Å². The van der Waals surface area contributed by atoms with E-state index in [0.717, 1.165) is 11.1 Å². The van der Waals surface area contributed by atoms with E-state index in [1.165, 1.54) is 19.1 Å². The number of hydrogen-bond acceptors (Lipinski definition) is 6. The molecule has 0 heterocycles. The zero-order valence-electron chi connectivity index (χ0n) is 18.2. The Kier molecular flexibility index (Phi) is 8.38. The van der Waals surface area contributed by atoms with E-state index in [9.17, 15) is 14.4 Å². The van der Waals surface area contributed by atoms with E-state index in [-0.39, 0.29) is 17.9 Å². The minimum Gasteiger partial charge on any atom is -0.452 e. The number of hydrogen-bond donors (Lipinski definition) is 0. The van der Waals surface area contributed by atoms with Crippen molar-refractivity contribution in [2.45, 2.75) is 31.2 Å². The average molecular weight is 511 g/mol. The molecule has 0 amide bonds. The molecule has 33 heavy (non-hydrogen) atoms. The summed E-state index contributed by atoms with van der Waals surface area (Å²) in [6, 6.07) is 23.5. The van der Waals surface area contributed by atoms with Crippen molar-refractivity contribution >= 4 is 33.8 Å². The van der Waals surface area contributed by atoms with Gasteiger partial charge >= 0.3 is 17.9 Å². The van der Waals surface area contributed by atoms with Gasteiger partial charge in [-0.3, -0.25) is 14.4 Å². The van der Waals surface area contributed by atoms with Crippen molar-refractivity contribution in [2.24, 2.45) is 0 Å². The Balaban J connectivity index is 1.80. The van der Waals surface area contributed by atoms with Crippen LogP contribution in [0.15, 0.2) is 78.9 Å². The monoisotopic (exact) mass is 510 g/mol. The van der Waals surface area contributed by atoms with E-state index < -0.39 is 28.8 Å². The normalized spacial score (nSPS) is 11.5. The molecule has 0 fully saturated rings. The maximum absolute atomic E-state index is 12.8. The van der Waals surface area contributed by atoms with Gasteiger partial charge in [-0.2, -0.15) is 0 Å². The fourth-order valence-corrected chi connectivity index (χ4v) is 3.19. The number of carbonyl (C=O) groups is 3. The van der Waals surface area contributed by atoms with E-state index in [1.54, 1.807) is 13.0 Å². The fraction of sp³-hybridized carbons (Fsp3) is 0.192. The number of carbonyl (C=O) groups excluding carboxylic acids is 3. The molecule has 3 aromatic rings. The molecule has 0 saturated heterocycles. The molecular formula is C26H23BrO6. The predicted molar refractivity (Wildman–Crippen MR) is 126 cm³/mol. The van der Waals surface area contributed by atoms with Crippen molar-refractivity contribution in [3.63, 3.8) is 0 Å². The molecule has 0 saturated carbocycles. The van der Waals surface area contributed by atoms with Gasteiger partial charge in [0.25, 0.3) is 0 Å². The van der Waals surface area contributed by atoms with Gasteiger partial charge in [-0.15, -0.1) is 0 Å². The number of esters is 3. The molecule has 0 aliphatic rings. The fourth-order valence-electron chi connectivity index (χ4n) is 3.09. The topological polar surface area (TPSA) is 78.9 Å². The van der Waals surface area contributed by atoms with Gasteiger partial charge in [-0.05, 0) is 35.7 Å². The summed E-state index contributed by atoms with van der Waals surface area (Å²) in [7, 11) is 0. The average Bonchev–Trinajstić information content (AvgIpc) is 2.80. The first-order valence-electron chi connectivity index (χ1n) is 10.3. The van der Waals surface area contributed by atoms with Crippen LogP contribution in [0.3, 0.4) is 0 Å². The third-order valence-electron chi connectivity index (χ3n) is 4.60. The SMILES string of the molecule is CC(=O)Oc1cc(CC(=O)OC(c2ccccc2)c2ccccc2)ccc1OC(=O)C(C)Br. The maximum Gasteiger partial charge on any atom is 0.324 e. The summed E-state index contributed by atoms with van der Waals surface area (Å²) >= 11 is 3.14. The van der Waals surface area contributed by atoms with Crippen molar-refractivity contribution in [2.75, 3.05) is 0 Å². The van der Waals surface area contributed by atoms with E-state index in [2.05, 4.69) is 15.9 Å². The van der Waals surface area contributed by atoms with E-state index in [0.29, 0.717) is 5.56 Å². The second-order valence-corrected chi connectivity index (χ2v) is 8.65. The molecule has 170 valence electrons. The molecule has 0 bridgehead atoms. The number of benzene rings is 3. The van der Waals surface area contributed by atoms with Gasteiger partial charge in [-0.25, -0.2) is 0 Å². The number of rotatable bonds is 8. The zero-order valence-corrected chi connectivity index (χ0v) is 19.8. The molecule has 0 radical (unpaired) electrons. The van der Waals surface area contributed by atoms with Crippen LogP contribution in [0.4, 0.5) is 0 Å². The number of ether oxygens (including phenoxy) is 3. The van der Waals surface area contributed by atoms with Gasteiger partial charge in [0.2, 0.25) is 0 Å². The van der Waals surface area contributed by atoms with Crippen molar-refractivity contribution in [3.05, 3.63) is 95.6 Å². The van der Waals surface area contributed by atoms with Gasteiger partial charge in [0.05, 0.1) is 6.42 Å². The second-order valence-electron chi connectivity index (χ2n) is 7.28. The Morgan fingerprint density at radius 3 is 1.91 bits per heavy atom. The quantitative estimate of drug-likeness (QED) is 0.236. The molecule has 0 N–H and O–H groups in total. The molecule has 6 nitrogen and oxygen atoms in total. The predicted octanol–water partition coefficient (Wildman–Crippen LogP) is 5.18. The van der Waals surface area contributed by atoms with Gasteiger partial charge in [0, 0.05) is 6.92 Å². The largest absolute Gasteiger partial charge is 0.452 e.